The van der Waals surface area contributed by atoms with E-state index >= 15 is 0 Å². The lowest BCUT2D eigenvalue weighted by molar-refractivity contribution is 0.102. The van der Waals surface area contributed by atoms with E-state index in [1.807, 2.05) is 0 Å². The summed E-state index contributed by atoms with van der Waals surface area (Å²) in [6.07, 6.45) is -0.699. The van der Waals surface area contributed by atoms with Gasteiger partial charge in [-0.3, -0.25) is 10.1 Å². The molecule has 2 radical (unpaired) electrons. The summed E-state index contributed by atoms with van der Waals surface area (Å²) in [6.45, 7) is 1.84. The summed E-state index contributed by atoms with van der Waals surface area (Å²) in [6, 6.07) is 8.23. The van der Waals surface area contributed by atoms with E-state index in [4.69, 9.17) is 22.5 Å². The number of rotatable bonds is 6. The van der Waals surface area contributed by atoms with Crippen LogP contribution in [-0.2, 0) is 14.8 Å². The number of primary sulfonamides is 1. The third-order valence-corrected chi connectivity index (χ3v) is 4.51. The van der Waals surface area contributed by atoms with Gasteiger partial charge in [0.2, 0.25) is 10.0 Å². The molecule has 2 aromatic rings. The minimum atomic E-state index is -3.97. The van der Waals surface area contributed by atoms with Crippen LogP contribution in [0.15, 0.2) is 41.3 Å². The molecule has 0 fully saturated rings. The summed E-state index contributed by atoms with van der Waals surface area (Å²) in [4.78, 5) is 23.8. The zero-order chi connectivity index (χ0) is 20.9. The smallest absolute Gasteiger partial charge is 0.411 e. The number of carbonyl (C=O) groups is 2. The van der Waals surface area contributed by atoms with Crippen molar-refractivity contribution in [2.75, 3.05) is 24.4 Å². The second-order valence-corrected chi connectivity index (χ2v) is 7.04. The fourth-order valence-electron chi connectivity index (χ4n) is 2.27. The molecule has 2 amide bonds. The molecule has 2 rings (SSSR count). The highest BCUT2D eigenvalue weighted by Crippen LogP contribution is 2.26. The van der Waals surface area contributed by atoms with E-state index in [0.29, 0.717) is 0 Å². The SMILES string of the molecule is [B]c1ccc(C(=O)Nc2ccc(S(N)(=O)=O)c(OC)c2)cc1NC(=O)OCC. The molecule has 28 heavy (non-hydrogen) atoms. The molecule has 2 aromatic carbocycles. The van der Waals surface area contributed by atoms with Gasteiger partial charge in [-0.05, 0) is 31.2 Å². The number of ether oxygens (including phenoxy) is 2. The van der Waals surface area contributed by atoms with Crippen molar-refractivity contribution in [3.05, 3.63) is 42.0 Å². The molecular formula is C17H18BN3O6S. The van der Waals surface area contributed by atoms with Crippen molar-refractivity contribution in [1.29, 1.82) is 0 Å². The van der Waals surface area contributed by atoms with Crippen LogP contribution in [0.25, 0.3) is 0 Å². The molecule has 4 N–H and O–H groups in total. The van der Waals surface area contributed by atoms with Crippen LogP contribution in [0.4, 0.5) is 16.2 Å². The molecule has 0 aliphatic heterocycles. The van der Waals surface area contributed by atoms with Crippen LogP contribution in [0, 0.1) is 0 Å². The molecule has 11 heteroatoms. The number of carbonyl (C=O) groups excluding carboxylic acids is 2. The van der Waals surface area contributed by atoms with Gasteiger partial charge < -0.3 is 14.8 Å². The monoisotopic (exact) mass is 403 g/mol. The topological polar surface area (TPSA) is 137 Å². The first-order valence-corrected chi connectivity index (χ1v) is 9.55. The van der Waals surface area contributed by atoms with Crippen molar-refractivity contribution in [1.82, 2.24) is 0 Å². The zero-order valence-corrected chi connectivity index (χ0v) is 16.0. The van der Waals surface area contributed by atoms with Gasteiger partial charge in [0.1, 0.15) is 18.5 Å². The third kappa shape index (κ3) is 5.24. The van der Waals surface area contributed by atoms with Crippen LogP contribution in [0.1, 0.15) is 17.3 Å². The van der Waals surface area contributed by atoms with Crippen LogP contribution < -0.4 is 26.0 Å². The lowest BCUT2D eigenvalue weighted by Gasteiger charge is -2.12. The Morgan fingerprint density at radius 3 is 2.46 bits per heavy atom. The molecule has 0 aliphatic rings. The number of anilines is 2. The van der Waals surface area contributed by atoms with Gasteiger partial charge in [0.15, 0.2) is 0 Å². The van der Waals surface area contributed by atoms with E-state index in [9.17, 15) is 18.0 Å². The predicted molar refractivity (Wildman–Crippen MR) is 105 cm³/mol. The highest BCUT2D eigenvalue weighted by atomic mass is 32.2. The van der Waals surface area contributed by atoms with Crippen LogP contribution in [0.5, 0.6) is 5.75 Å². The zero-order valence-electron chi connectivity index (χ0n) is 15.2. The summed E-state index contributed by atoms with van der Waals surface area (Å²) in [7, 11) is 3.10. The quantitative estimate of drug-likeness (QED) is 0.615. The van der Waals surface area contributed by atoms with Crippen LogP contribution in [0.2, 0.25) is 0 Å². The first-order chi connectivity index (χ1) is 13.2. The number of nitrogens with one attached hydrogen (secondary N) is 2. The fraction of sp³-hybridized carbons (Fsp3) is 0.176. The second kappa shape index (κ2) is 8.76. The molecule has 146 valence electrons. The minimum absolute atomic E-state index is 0.0118. The predicted octanol–water partition coefficient (Wildman–Crippen LogP) is 0.957. The van der Waals surface area contributed by atoms with E-state index in [-0.39, 0.29) is 39.7 Å². The average Bonchev–Trinajstić information content (AvgIpc) is 2.62. The van der Waals surface area contributed by atoms with Gasteiger partial charge in [-0.25, -0.2) is 18.4 Å². The molecule has 0 aliphatic carbocycles. The Hall–Kier alpha value is -3.05. The molecule has 0 saturated carbocycles. The summed E-state index contributed by atoms with van der Waals surface area (Å²) in [5.41, 5.74) is 0.957. The maximum atomic E-state index is 12.5. The summed E-state index contributed by atoms with van der Waals surface area (Å²) >= 11 is 0. The number of amides is 2. The largest absolute Gasteiger partial charge is 0.495 e. The van der Waals surface area contributed by atoms with Crippen molar-refractivity contribution >= 4 is 46.7 Å². The Bertz CT molecular complexity index is 1010. The maximum absolute atomic E-state index is 12.5. The van der Waals surface area contributed by atoms with E-state index in [1.54, 1.807) is 6.92 Å². The lowest BCUT2D eigenvalue weighted by Crippen LogP contribution is -2.21. The molecule has 9 nitrogen and oxygen atoms in total. The number of hydrogen-bond donors (Lipinski definition) is 3. The van der Waals surface area contributed by atoms with Crippen molar-refractivity contribution in [3.8, 4) is 5.75 Å². The first-order valence-electron chi connectivity index (χ1n) is 8.01. The number of hydrogen-bond acceptors (Lipinski definition) is 6. The Kier molecular flexibility index (Phi) is 6.65. The molecule has 0 unspecified atom stereocenters. The van der Waals surface area contributed by atoms with Crippen molar-refractivity contribution in [2.24, 2.45) is 5.14 Å². The van der Waals surface area contributed by atoms with Crippen LogP contribution in [0.3, 0.4) is 0 Å². The average molecular weight is 403 g/mol. The Morgan fingerprint density at radius 1 is 1.14 bits per heavy atom. The highest BCUT2D eigenvalue weighted by Gasteiger charge is 2.17. The number of methoxy groups -OCH3 is 1. The lowest BCUT2D eigenvalue weighted by atomic mass is 9.92. The van der Waals surface area contributed by atoms with Gasteiger partial charge in [-0.1, -0.05) is 11.5 Å². The maximum Gasteiger partial charge on any atom is 0.411 e. The summed E-state index contributed by atoms with van der Waals surface area (Å²) < 4.78 is 32.8. The van der Waals surface area contributed by atoms with Crippen LogP contribution in [-0.4, -0.2) is 42.0 Å². The number of benzene rings is 2. The molecule has 0 bridgehead atoms. The highest BCUT2D eigenvalue weighted by molar-refractivity contribution is 7.89. The minimum Gasteiger partial charge on any atom is -0.495 e. The van der Waals surface area contributed by atoms with E-state index in [1.165, 1.54) is 43.5 Å². The van der Waals surface area contributed by atoms with Gasteiger partial charge in [-0.2, -0.15) is 0 Å². The third-order valence-electron chi connectivity index (χ3n) is 3.56. The van der Waals surface area contributed by atoms with E-state index < -0.39 is 22.0 Å². The Labute approximate surface area is 163 Å². The van der Waals surface area contributed by atoms with Gasteiger partial charge in [-0.15, -0.1) is 0 Å². The Balaban J connectivity index is 2.24. The second-order valence-electron chi connectivity index (χ2n) is 5.51. The molecular weight excluding hydrogens is 385 g/mol. The first kappa shape index (κ1) is 21.3. The van der Waals surface area contributed by atoms with Crippen molar-refractivity contribution in [2.45, 2.75) is 11.8 Å². The summed E-state index contributed by atoms with van der Waals surface area (Å²) in [5, 5.41) is 10.2. The molecule has 0 atom stereocenters. The van der Waals surface area contributed by atoms with E-state index in [0.717, 1.165) is 0 Å². The van der Waals surface area contributed by atoms with Gasteiger partial charge in [0.05, 0.1) is 13.7 Å². The van der Waals surface area contributed by atoms with Crippen molar-refractivity contribution in [3.63, 3.8) is 0 Å². The standard InChI is InChI=1S/C17H18BN3O6S/c1-3-27-17(23)21-13-8-10(4-6-12(13)18)16(22)20-11-5-7-15(28(19,24)25)14(9-11)26-2/h4-9H,3H2,1-2H3,(H,20,22)(H,21,23)(H2,19,24,25). The van der Waals surface area contributed by atoms with Crippen LogP contribution >= 0.6 is 0 Å². The Morgan fingerprint density at radius 2 is 1.86 bits per heavy atom. The van der Waals surface area contributed by atoms with Gasteiger partial charge in [0.25, 0.3) is 5.91 Å². The molecule has 0 saturated heterocycles. The molecule has 0 spiro atoms. The van der Waals surface area contributed by atoms with E-state index in [2.05, 4.69) is 10.6 Å². The molecule has 0 heterocycles. The van der Waals surface area contributed by atoms with Gasteiger partial charge in [0, 0.05) is 23.0 Å². The normalized spacial score (nSPS) is 10.8. The number of sulfonamides is 1. The summed E-state index contributed by atoms with van der Waals surface area (Å²) in [5.74, 6) is -0.528. The van der Waals surface area contributed by atoms with Crippen molar-refractivity contribution < 1.29 is 27.5 Å². The van der Waals surface area contributed by atoms with Gasteiger partial charge >= 0.3 is 6.09 Å². The fourth-order valence-corrected chi connectivity index (χ4v) is 2.95. The number of nitrogens with two attached hydrogens (primary N) is 1. The molecule has 0 aromatic heterocycles.